The highest BCUT2D eigenvalue weighted by molar-refractivity contribution is 7.18. The van der Waals surface area contributed by atoms with Crippen molar-refractivity contribution in [2.45, 2.75) is 25.7 Å². The average Bonchev–Trinajstić information content (AvgIpc) is 3.08. The topological polar surface area (TPSA) is 45.2 Å². The molecule has 1 atom stereocenters. The number of anilines is 1. The molecule has 4 rings (SSSR count). The lowest BCUT2D eigenvalue weighted by Crippen LogP contribution is -2.39. The molecule has 1 amide bonds. The molecule has 0 radical (unpaired) electrons. The van der Waals surface area contributed by atoms with E-state index in [-0.39, 0.29) is 18.1 Å². The maximum absolute atomic E-state index is 13.9. The summed E-state index contributed by atoms with van der Waals surface area (Å²) in [5.74, 6) is -0.225. The molecule has 1 aliphatic rings. The van der Waals surface area contributed by atoms with Crippen molar-refractivity contribution in [1.29, 1.82) is 0 Å². The third-order valence-corrected chi connectivity index (χ3v) is 6.13. The number of nitrogens with one attached hydrogen (secondary N) is 1. The van der Waals surface area contributed by atoms with Gasteiger partial charge in [0.2, 0.25) is 5.91 Å². The molecule has 1 fully saturated rings. The molecule has 3 aromatic rings. The second kappa shape index (κ2) is 7.74. The number of nitrogens with zero attached hydrogens (tertiary/aromatic N) is 2. The first kappa shape index (κ1) is 18.1. The molecule has 1 saturated heterocycles. The van der Waals surface area contributed by atoms with Crippen LogP contribution in [0, 0.1) is 12.7 Å². The largest absolute Gasteiger partial charge is 0.322 e. The maximum Gasteiger partial charge on any atom is 0.238 e. The number of piperidine rings is 1. The SMILES string of the molecule is Cc1ccc(NC(=O)CN2CCC[C@@H](c3nc4ccccc4s3)C2)c(F)c1. The Morgan fingerprint density at radius 3 is 3.00 bits per heavy atom. The van der Waals surface area contributed by atoms with E-state index < -0.39 is 5.82 Å². The summed E-state index contributed by atoms with van der Waals surface area (Å²) in [7, 11) is 0. The quantitative estimate of drug-likeness (QED) is 0.718. The van der Waals surface area contributed by atoms with Gasteiger partial charge in [0.15, 0.2) is 0 Å². The molecule has 0 spiro atoms. The predicted molar refractivity (Wildman–Crippen MR) is 108 cm³/mol. The Morgan fingerprint density at radius 2 is 2.19 bits per heavy atom. The van der Waals surface area contributed by atoms with Gasteiger partial charge in [-0.2, -0.15) is 0 Å². The van der Waals surface area contributed by atoms with Crippen molar-refractivity contribution in [3.05, 3.63) is 58.9 Å². The zero-order chi connectivity index (χ0) is 18.8. The van der Waals surface area contributed by atoms with Gasteiger partial charge in [0.1, 0.15) is 5.82 Å². The van der Waals surface area contributed by atoms with E-state index in [2.05, 4.69) is 16.3 Å². The van der Waals surface area contributed by atoms with Gasteiger partial charge in [-0.15, -0.1) is 11.3 Å². The van der Waals surface area contributed by atoms with Gasteiger partial charge in [0.05, 0.1) is 27.5 Å². The fourth-order valence-corrected chi connectivity index (χ4v) is 4.67. The molecular formula is C21H22FN3OS. The summed E-state index contributed by atoms with van der Waals surface area (Å²) in [6.07, 6.45) is 2.12. The molecule has 1 N–H and O–H groups in total. The second-order valence-electron chi connectivity index (χ2n) is 7.13. The number of carbonyl (C=O) groups excluding carboxylic acids is 1. The van der Waals surface area contributed by atoms with Crippen LogP contribution in [-0.4, -0.2) is 35.4 Å². The number of hydrogen-bond acceptors (Lipinski definition) is 4. The van der Waals surface area contributed by atoms with E-state index in [1.54, 1.807) is 23.5 Å². The van der Waals surface area contributed by atoms with E-state index in [0.29, 0.717) is 5.92 Å². The zero-order valence-corrected chi connectivity index (χ0v) is 16.1. The Kier molecular flexibility index (Phi) is 5.18. The number of thiazole rings is 1. The van der Waals surface area contributed by atoms with E-state index in [4.69, 9.17) is 4.98 Å². The van der Waals surface area contributed by atoms with Crippen LogP contribution in [0.25, 0.3) is 10.2 Å². The van der Waals surface area contributed by atoms with Crippen LogP contribution in [0.2, 0.25) is 0 Å². The summed E-state index contributed by atoms with van der Waals surface area (Å²) < 4.78 is 15.1. The van der Waals surface area contributed by atoms with Gasteiger partial charge in [0, 0.05) is 12.5 Å². The second-order valence-corrected chi connectivity index (χ2v) is 8.19. The van der Waals surface area contributed by atoms with Gasteiger partial charge < -0.3 is 5.32 Å². The lowest BCUT2D eigenvalue weighted by Gasteiger charge is -2.31. The molecule has 0 unspecified atom stereocenters. The lowest BCUT2D eigenvalue weighted by molar-refractivity contribution is -0.117. The first-order valence-electron chi connectivity index (χ1n) is 9.22. The van der Waals surface area contributed by atoms with E-state index in [1.807, 2.05) is 25.1 Å². The first-order valence-corrected chi connectivity index (χ1v) is 10.0. The first-order chi connectivity index (χ1) is 13.1. The van der Waals surface area contributed by atoms with E-state index in [0.717, 1.165) is 42.0 Å². The number of fused-ring (bicyclic) bond motifs is 1. The summed E-state index contributed by atoms with van der Waals surface area (Å²) in [4.78, 5) is 19.3. The number of hydrogen-bond donors (Lipinski definition) is 1. The van der Waals surface area contributed by atoms with Gasteiger partial charge in [-0.25, -0.2) is 9.37 Å². The van der Waals surface area contributed by atoms with Gasteiger partial charge in [0.25, 0.3) is 0 Å². The number of aryl methyl sites for hydroxylation is 1. The molecule has 2 heterocycles. The lowest BCUT2D eigenvalue weighted by atomic mass is 9.99. The minimum Gasteiger partial charge on any atom is -0.322 e. The minimum atomic E-state index is -0.394. The van der Waals surface area contributed by atoms with E-state index in [1.165, 1.54) is 10.8 Å². The highest BCUT2D eigenvalue weighted by Gasteiger charge is 2.25. The highest BCUT2D eigenvalue weighted by atomic mass is 32.1. The smallest absolute Gasteiger partial charge is 0.238 e. The molecule has 27 heavy (non-hydrogen) atoms. The molecular weight excluding hydrogens is 361 g/mol. The number of carbonyl (C=O) groups is 1. The molecule has 0 bridgehead atoms. The van der Waals surface area contributed by atoms with Crippen LogP contribution in [0.3, 0.4) is 0 Å². The molecule has 2 aromatic carbocycles. The van der Waals surface area contributed by atoms with Crippen LogP contribution in [0.1, 0.15) is 29.3 Å². The Hall–Kier alpha value is -2.31. The van der Waals surface area contributed by atoms with Crippen molar-refractivity contribution in [2.24, 2.45) is 0 Å². The van der Waals surface area contributed by atoms with Gasteiger partial charge in [-0.3, -0.25) is 9.69 Å². The number of rotatable bonds is 4. The fraction of sp³-hybridized carbons (Fsp3) is 0.333. The van der Waals surface area contributed by atoms with Gasteiger partial charge in [-0.1, -0.05) is 18.2 Å². The van der Waals surface area contributed by atoms with Crippen LogP contribution in [0.4, 0.5) is 10.1 Å². The Balaban J connectivity index is 1.40. The van der Waals surface area contributed by atoms with Crippen molar-refractivity contribution < 1.29 is 9.18 Å². The zero-order valence-electron chi connectivity index (χ0n) is 15.2. The normalized spacial score (nSPS) is 17.9. The number of benzene rings is 2. The third-order valence-electron chi connectivity index (χ3n) is 4.93. The van der Waals surface area contributed by atoms with E-state index >= 15 is 0 Å². The number of halogens is 1. The van der Waals surface area contributed by atoms with Crippen LogP contribution < -0.4 is 5.32 Å². The van der Waals surface area contributed by atoms with Crippen molar-refractivity contribution in [1.82, 2.24) is 9.88 Å². The Bertz CT molecular complexity index is 938. The average molecular weight is 383 g/mol. The van der Waals surface area contributed by atoms with Crippen molar-refractivity contribution in [3.8, 4) is 0 Å². The fourth-order valence-electron chi connectivity index (χ4n) is 3.58. The standard InChI is InChI=1S/C21H22FN3OS/c1-14-8-9-17(16(22)11-14)23-20(26)13-25-10-4-5-15(12-25)21-24-18-6-2-3-7-19(18)27-21/h2-3,6-9,11,15H,4-5,10,12-13H2,1H3,(H,23,26)/t15-/m1/s1. The molecule has 0 saturated carbocycles. The molecule has 6 heteroatoms. The van der Waals surface area contributed by atoms with Gasteiger partial charge >= 0.3 is 0 Å². The van der Waals surface area contributed by atoms with Crippen molar-refractivity contribution >= 4 is 33.1 Å². The molecule has 0 aliphatic carbocycles. The van der Waals surface area contributed by atoms with Gasteiger partial charge in [-0.05, 0) is 56.1 Å². The predicted octanol–water partition coefficient (Wildman–Crippen LogP) is 4.56. The Morgan fingerprint density at radius 1 is 1.33 bits per heavy atom. The molecule has 140 valence electrons. The number of amides is 1. The summed E-state index contributed by atoms with van der Waals surface area (Å²) in [5.41, 5.74) is 2.12. The maximum atomic E-state index is 13.9. The molecule has 1 aromatic heterocycles. The minimum absolute atomic E-state index is 0.178. The monoisotopic (exact) mass is 383 g/mol. The van der Waals surface area contributed by atoms with Crippen LogP contribution in [0.5, 0.6) is 0 Å². The van der Waals surface area contributed by atoms with Crippen LogP contribution in [-0.2, 0) is 4.79 Å². The third kappa shape index (κ3) is 4.17. The summed E-state index contributed by atoms with van der Waals surface area (Å²) in [6, 6.07) is 13.0. The van der Waals surface area contributed by atoms with Crippen molar-refractivity contribution in [3.63, 3.8) is 0 Å². The van der Waals surface area contributed by atoms with Crippen LogP contribution >= 0.6 is 11.3 Å². The summed E-state index contributed by atoms with van der Waals surface area (Å²) in [5, 5.41) is 3.84. The number of likely N-dealkylation sites (tertiary alicyclic amines) is 1. The van der Waals surface area contributed by atoms with E-state index in [9.17, 15) is 9.18 Å². The van der Waals surface area contributed by atoms with Crippen LogP contribution in [0.15, 0.2) is 42.5 Å². The summed E-state index contributed by atoms with van der Waals surface area (Å²) >= 11 is 1.74. The Labute approximate surface area is 162 Å². The molecule has 1 aliphatic heterocycles. The highest BCUT2D eigenvalue weighted by Crippen LogP contribution is 2.32. The van der Waals surface area contributed by atoms with Crippen molar-refractivity contribution in [2.75, 3.05) is 25.0 Å². The number of aromatic nitrogens is 1. The summed E-state index contributed by atoms with van der Waals surface area (Å²) in [6.45, 7) is 3.79. The number of para-hydroxylation sites is 1. The molecule has 4 nitrogen and oxygen atoms in total.